The summed E-state index contributed by atoms with van der Waals surface area (Å²) in [6.45, 7) is 5.71. The van der Waals surface area contributed by atoms with Crippen LogP contribution in [0.1, 0.15) is 36.7 Å². The first-order valence-corrected chi connectivity index (χ1v) is 6.99. The zero-order chi connectivity index (χ0) is 13.4. The Morgan fingerprint density at radius 1 is 1.24 bits per heavy atom. The van der Waals surface area contributed by atoms with Gasteiger partial charge >= 0.3 is 0 Å². The highest BCUT2D eigenvalue weighted by atomic mass is 32.2. The quantitative estimate of drug-likeness (QED) is 0.820. The smallest absolute Gasteiger partial charge is 0.179 e. The first-order chi connectivity index (χ1) is 7.57. The van der Waals surface area contributed by atoms with Gasteiger partial charge in [0.1, 0.15) is 10.6 Å². The van der Waals surface area contributed by atoms with Crippen molar-refractivity contribution in [1.29, 1.82) is 0 Å². The van der Waals surface area contributed by atoms with Gasteiger partial charge in [0, 0.05) is 6.26 Å². The molecule has 0 amide bonds. The summed E-state index contributed by atoms with van der Waals surface area (Å²) in [5.41, 5.74) is 0.390. The van der Waals surface area contributed by atoms with Gasteiger partial charge in [0.25, 0.3) is 0 Å². The molecule has 0 aromatic heterocycles. The molecule has 0 unspecified atom stereocenters. The molecule has 1 N–H and O–H groups in total. The van der Waals surface area contributed by atoms with Gasteiger partial charge in [-0.1, -0.05) is 20.8 Å². The Bertz CT molecular complexity index is 551. The minimum atomic E-state index is -3.56. The van der Waals surface area contributed by atoms with Gasteiger partial charge in [-0.2, -0.15) is 0 Å². The number of phenols is 1. The first-order valence-electron chi connectivity index (χ1n) is 5.10. The predicted molar refractivity (Wildman–Crippen MR) is 65.3 cm³/mol. The monoisotopic (exact) mass is 256 g/mol. The molecule has 0 aliphatic carbocycles. The van der Waals surface area contributed by atoms with Gasteiger partial charge in [-0.05, 0) is 23.1 Å². The molecule has 5 heteroatoms. The lowest BCUT2D eigenvalue weighted by molar-refractivity contribution is 0.112. The van der Waals surface area contributed by atoms with Gasteiger partial charge in [0.05, 0.1) is 5.56 Å². The van der Waals surface area contributed by atoms with Gasteiger partial charge in [-0.25, -0.2) is 8.42 Å². The van der Waals surface area contributed by atoms with Gasteiger partial charge < -0.3 is 5.11 Å². The lowest BCUT2D eigenvalue weighted by Gasteiger charge is -2.20. The largest absolute Gasteiger partial charge is 0.506 e. The summed E-state index contributed by atoms with van der Waals surface area (Å²) in [4.78, 5) is 10.6. The fraction of sp³-hybridized carbons (Fsp3) is 0.417. The van der Waals surface area contributed by atoms with Crippen molar-refractivity contribution in [2.45, 2.75) is 31.1 Å². The maximum absolute atomic E-state index is 11.5. The number of benzene rings is 1. The zero-order valence-corrected chi connectivity index (χ0v) is 11.1. The molecule has 0 fully saturated rings. The fourth-order valence-electron chi connectivity index (χ4n) is 1.43. The van der Waals surface area contributed by atoms with Crippen molar-refractivity contribution in [1.82, 2.24) is 0 Å². The van der Waals surface area contributed by atoms with Crippen LogP contribution in [0.5, 0.6) is 5.75 Å². The lowest BCUT2D eigenvalue weighted by Crippen LogP contribution is -2.13. The van der Waals surface area contributed by atoms with E-state index in [0.29, 0.717) is 11.8 Å². The molecule has 1 rings (SSSR count). The average Bonchev–Trinajstić information content (AvgIpc) is 2.14. The van der Waals surface area contributed by atoms with Crippen LogP contribution in [0.25, 0.3) is 0 Å². The number of aldehydes is 1. The highest BCUT2D eigenvalue weighted by molar-refractivity contribution is 7.90. The molecule has 1 aromatic rings. The Kier molecular flexibility index (Phi) is 3.34. The highest BCUT2D eigenvalue weighted by Gasteiger charge is 2.22. The molecular formula is C12H16O4S. The minimum Gasteiger partial charge on any atom is -0.506 e. The fourth-order valence-corrected chi connectivity index (χ4v) is 2.25. The summed E-state index contributed by atoms with van der Waals surface area (Å²) >= 11 is 0. The number of aromatic hydroxyl groups is 1. The van der Waals surface area contributed by atoms with Crippen molar-refractivity contribution in [2.75, 3.05) is 6.26 Å². The second kappa shape index (κ2) is 4.14. The van der Waals surface area contributed by atoms with Crippen molar-refractivity contribution in [3.8, 4) is 5.75 Å². The molecule has 0 radical (unpaired) electrons. The molecule has 1 aromatic carbocycles. The number of hydrogen-bond acceptors (Lipinski definition) is 4. The Morgan fingerprint density at radius 2 is 1.76 bits per heavy atom. The Balaban J connectivity index is 3.68. The summed E-state index contributed by atoms with van der Waals surface area (Å²) in [5.74, 6) is -0.476. The minimum absolute atomic E-state index is 0.00199. The van der Waals surface area contributed by atoms with E-state index in [1.165, 1.54) is 12.1 Å². The number of carbonyl (C=O) groups excluding carboxylic acids is 1. The van der Waals surface area contributed by atoms with Crippen LogP contribution in [0.3, 0.4) is 0 Å². The van der Waals surface area contributed by atoms with Crippen LogP contribution >= 0.6 is 0 Å². The molecule has 0 bridgehead atoms. The van der Waals surface area contributed by atoms with E-state index in [1.807, 2.05) is 20.8 Å². The van der Waals surface area contributed by atoms with Crippen molar-refractivity contribution in [2.24, 2.45) is 0 Å². The van der Waals surface area contributed by atoms with Crippen molar-refractivity contribution in [3.63, 3.8) is 0 Å². The van der Waals surface area contributed by atoms with E-state index in [9.17, 15) is 18.3 Å². The number of sulfone groups is 1. The molecule has 17 heavy (non-hydrogen) atoms. The number of rotatable bonds is 2. The second-order valence-corrected chi connectivity index (χ2v) is 7.04. The Morgan fingerprint density at radius 3 is 2.12 bits per heavy atom. The van der Waals surface area contributed by atoms with E-state index in [1.54, 1.807) is 0 Å². The normalized spacial score (nSPS) is 12.5. The van der Waals surface area contributed by atoms with Crippen LogP contribution in [0, 0.1) is 0 Å². The third-order valence-corrected chi connectivity index (χ3v) is 3.61. The van der Waals surface area contributed by atoms with Crippen LogP contribution in [0.4, 0.5) is 0 Å². The number of hydrogen-bond donors (Lipinski definition) is 1. The van der Waals surface area contributed by atoms with Crippen LogP contribution in [0.2, 0.25) is 0 Å². The third kappa shape index (κ3) is 2.85. The lowest BCUT2D eigenvalue weighted by atomic mass is 9.86. The van der Waals surface area contributed by atoms with E-state index in [0.717, 1.165) is 6.26 Å². The van der Waals surface area contributed by atoms with Crippen molar-refractivity contribution in [3.05, 3.63) is 23.3 Å². The average molecular weight is 256 g/mol. The Hall–Kier alpha value is -1.36. The van der Waals surface area contributed by atoms with Crippen LogP contribution in [-0.2, 0) is 15.3 Å². The Labute approximate surface area is 101 Å². The van der Waals surface area contributed by atoms with Crippen LogP contribution in [0.15, 0.2) is 17.0 Å². The third-order valence-electron chi connectivity index (χ3n) is 2.50. The molecule has 0 aliphatic rings. The maximum Gasteiger partial charge on any atom is 0.179 e. The topological polar surface area (TPSA) is 71.4 Å². The van der Waals surface area contributed by atoms with Crippen LogP contribution in [-0.4, -0.2) is 26.1 Å². The van der Waals surface area contributed by atoms with Gasteiger partial charge in [-0.3, -0.25) is 4.79 Å². The van der Waals surface area contributed by atoms with Crippen molar-refractivity contribution >= 4 is 16.1 Å². The first kappa shape index (κ1) is 13.7. The number of phenolic OH excluding ortho intramolecular Hbond substituents is 1. The molecule has 0 saturated carbocycles. The van der Waals surface area contributed by atoms with E-state index >= 15 is 0 Å². The summed E-state index contributed by atoms with van der Waals surface area (Å²) in [6.07, 6.45) is 1.46. The van der Waals surface area contributed by atoms with E-state index in [2.05, 4.69) is 0 Å². The molecule has 0 aliphatic heterocycles. The van der Waals surface area contributed by atoms with E-state index in [4.69, 9.17) is 0 Å². The van der Waals surface area contributed by atoms with E-state index < -0.39 is 15.6 Å². The van der Waals surface area contributed by atoms with Crippen LogP contribution < -0.4 is 0 Å². The summed E-state index contributed by atoms with van der Waals surface area (Å²) < 4.78 is 23.1. The number of carbonyl (C=O) groups is 1. The molecule has 0 heterocycles. The molecule has 4 nitrogen and oxygen atoms in total. The zero-order valence-electron chi connectivity index (χ0n) is 10.3. The van der Waals surface area contributed by atoms with Crippen molar-refractivity contribution < 1.29 is 18.3 Å². The van der Waals surface area contributed by atoms with Gasteiger partial charge in [-0.15, -0.1) is 0 Å². The predicted octanol–water partition coefficient (Wildman–Crippen LogP) is 1.91. The molecular weight excluding hydrogens is 240 g/mol. The standard InChI is InChI=1S/C12H16O4S/c1-12(2,3)9-5-8(7-13)11(14)10(6-9)17(4,15)16/h5-7,14H,1-4H3. The SMILES string of the molecule is CC(C)(C)c1cc(C=O)c(O)c(S(C)(=O)=O)c1. The molecule has 94 valence electrons. The van der Waals surface area contributed by atoms with Gasteiger partial charge in [0.2, 0.25) is 0 Å². The molecule has 0 spiro atoms. The molecule has 0 atom stereocenters. The maximum atomic E-state index is 11.5. The summed E-state index contributed by atoms with van der Waals surface area (Å²) in [6, 6.07) is 2.93. The van der Waals surface area contributed by atoms with E-state index in [-0.39, 0.29) is 15.9 Å². The molecule has 0 saturated heterocycles. The summed E-state index contributed by atoms with van der Waals surface area (Å²) in [5, 5.41) is 9.70. The second-order valence-electron chi connectivity index (χ2n) is 5.05. The summed E-state index contributed by atoms with van der Waals surface area (Å²) in [7, 11) is -3.56. The highest BCUT2D eigenvalue weighted by Crippen LogP contribution is 2.32. The van der Waals surface area contributed by atoms with Gasteiger partial charge in [0.15, 0.2) is 16.1 Å².